The van der Waals surface area contributed by atoms with Crippen molar-refractivity contribution in [2.75, 3.05) is 39.8 Å². The maximum absolute atomic E-state index is 3.66. The van der Waals surface area contributed by atoms with Gasteiger partial charge in [0.1, 0.15) is 0 Å². The van der Waals surface area contributed by atoms with E-state index in [0.717, 1.165) is 19.0 Å². The first kappa shape index (κ1) is 16.9. The second-order valence-corrected chi connectivity index (χ2v) is 7.07. The molecule has 0 saturated carbocycles. The van der Waals surface area contributed by atoms with Gasteiger partial charge in [0, 0.05) is 31.7 Å². The summed E-state index contributed by atoms with van der Waals surface area (Å²) in [6, 6.07) is 1.33. The van der Waals surface area contributed by atoms with Crippen molar-refractivity contribution in [2.24, 2.45) is 11.8 Å². The van der Waals surface area contributed by atoms with Crippen molar-refractivity contribution in [3.63, 3.8) is 0 Å². The van der Waals surface area contributed by atoms with Crippen molar-refractivity contribution >= 4 is 0 Å². The molecule has 1 rings (SSSR count). The standard InChI is InChI=1S/C16H35N3/c1-13(2)10-17-11-16(14(3)4)19-9-7-8-18(6)12-15(19)5/h13-17H,7-12H2,1-6H3. The summed E-state index contributed by atoms with van der Waals surface area (Å²) in [5.41, 5.74) is 0. The van der Waals surface area contributed by atoms with Gasteiger partial charge in [0.15, 0.2) is 0 Å². The lowest BCUT2D eigenvalue weighted by molar-refractivity contribution is 0.108. The molecule has 1 N–H and O–H groups in total. The van der Waals surface area contributed by atoms with Crippen molar-refractivity contribution in [1.29, 1.82) is 0 Å². The summed E-state index contributed by atoms with van der Waals surface area (Å²) in [5, 5.41) is 3.66. The van der Waals surface area contributed by atoms with E-state index in [2.05, 4.69) is 56.8 Å². The molecule has 0 aliphatic carbocycles. The maximum Gasteiger partial charge on any atom is 0.0246 e. The zero-order valence-corrected chi connectivity index (χ0v) is 13.9. The molecule has 0 spiro atoms. The topological polar surface area (TPSA) is 18.5 Å². The fourth-order valence-electron chi connectivity index (χ4n) is 3.14. The van der Waals surface area contributed by atoms with Crippen LogP contribution in [0, 0.1) is 11.8 Å². The Morgan fingerprint density at radius 2 is 1.79 bits per heavy atom. The van der Waals surface area contributed by atoms with Gasteiger partial charge in [-0.05, 0) is 45.3 Å². The predicted octanol–water partition coefficient (Wildman–Crippen LogP) is 2.28. The molecule has 0 radical (unpaired) electrons. The Balaban J connectivity index is 2.58. The van der Waals surface area contributed by atoms with E-state index in [1.807, 2.05) is 0 Å². The fraction of sp³-hybridized carbons (Fsp3) is 1.00. The van der Waals surface area contributed by atoms with Crippen LogP contribution < -0.4 is 5.32 Å². The summed E-state index contributed by atoms with van der Waals surface area (Å²) in [6.45, 7) is 17.6. The van der Waals surface area contributed by atoms with Crippen LogP contribution in [0.5, 0.6) is 0 Å². The van der Waals surface area contributed by atoms with Crippen molar-refractivity contribution in [1.82, 2.24) is 15.1 Å². The molecule has 19 heavy (non-hydrogen) atoms. The molecule has 1 saturated heterocycles. The molecule has 1 aliphatic heterocycles. The second kappa shape index (κ2) is 8.23. The number of likely N-dealkylation sites (N-methyl/N-ethyl adjacent to an activating group) is 1. The van der Waals surface area contributed by atoms with E-state index >= 15 is 0 Å². The molecule has 3 heteroatoms. The van der Waals surface area contributed by atoms with E-state index in [0.29, 0.717) is 18.0 Å². The molecule has 1 heterocycles. The minimum Gasteiger partial charge on any atom is -0.315 e. The maximum atomic E-state index is 3.66. The summed E-state index contributed by atoms with van der Waals surface area (Å²) in [7, 11) is 2.25. The molecule has 1 aliphatic rings. The highest BCUT2D eigenvalue weighted by atomic mass is 15.3. The van der Waals surface area contributed by atoms with Gasteiger partial charge in [-0.1, -0.05) is 27.7 Å². The van der Waals surface area contributed by atoms with Gasteiger partial charge in [0.2, 0.25) is 0 Å². The zero-order chi connectivity index (χ0) is 14.4. The van der Waals surface area contributed by atoms with Crippen LogP contribution in [-0.4, -0.2) is 61.7 Å². The van der Waals surface area contributed by atoms with Crippen LogP contribution in [0.4, 0.5) is 0 Å². The average Bonchev–Trinajstić information content (AvgIpc) is 2.45. The van der Waals surface area contributed by atoms with Crippen LogP contribution in [0.2, 0.25) is 0 Å². The van der Waals surface area contributed by atoms with E-state index in [9.17, 15) is 0 Å². The molecule has 114 valence electrons. The highest BCUT2D eigenvalue weighted by molar-refractivity contribution is 4.84. The lowest BCUT2D eigenvalue weighted by Crippen LogP contribution is -2.51. The molecule has 1 fully saturated rings. The number of nitrogens with zero attached hydrogens (tertiary/aromatic N) is 2. The third-order valence-corrected chi connectivity index (χ3v) is 4.20. The summed E-state index contributed by atoms with van der Waals surface area (Å²) in [5.74, 6) is 1.45. The Bertz CT molecular complexity index is 240. The van der Waals surface area contributed by atoms with Gasteiger partial charge in [0.25, 0.3) is 0 Å². The first-order chi connectivity index (χ1) is 8.91. The summed E-state index contributed by atoms with van der Waals surface area (Å²) >= 11 is 0. The highest BCUT2D eigenvalue weighted by Gasteiger charge is 2.28. The highest BCUT2D eigenvalue weighted by Crippen LogP contribution is 2.17. The van der Waals surface area contributed by atoms with Crippen LogP contribution in [0.15, 0.2) is 0 Å². The largest absolute Gasteiger partial charge is 0.315 e. The Morgan fingerprint density at radius 1 is 1.11 bits per heavy atom. The first-order valence-corrected chi connectivity index (χ1v) is 8.06. The zero-order valence-electron chi connectivity index (χ0n) is 13.9. The van der Waals surface area contributed by atoms with Gasteiger partial charge < -0.3 is 10.2 Å². The molecule has 0 amide bonds. The van der Waals surface area contributed by atoms with Gasteiger partial charge >= 0.3 is 0 Å². The molecular weight excluding hydrogens is 234 g/mol. The SMILES string of the molecule is CC(C)CNCC(C(C)C)N1CCCN(C)CC1C. The van der Waals surface area contributed by atoms with Crippen molar-refractivity contribution in [2.45, 2.75) is 53.1 Å². The Labute approximate surface area is 120 Å². The third-order valence-electron chi connectivity index (χ3n) is 4.20. The second-order valence-electron chi connectivity index (χ2n) is 7.07. The molecule has 0 bridgehead atoms. The number of nitrogens with one attached hydrogen (secondary N) is 1. The summed E-state index contributed by atoms with van der Waals surface area (Å²) < 4.78 is 0. The molecule has 2 atom stereocenters. The number of rotatable bonds is 6. The molecule has 0 aromatic heterocycles. The van der Waals surface area contributed by atoms with Gasteiger partial charge in [-0.2, -0.15) is 0 Å². The van der Waals surface area contributed by atoms with Crippen LogP contribution >= 0.6 is 0 Å². The predicted molar refractivity (Wildman–Crippen MR) is 84.6 cm³/mol. The molecular formula is C16H35N3. The third kappa shape index (κ3) is 5.80. The normalized spacial score (nSPS) is 24.9. The van der Waals surface area contributed by atoms with Crippen molar-refractivity contribution in [3.05, 3.63) is 0 Å². The van der Waals surface area contributed by atoms with Crippen LogP contribution in [0.3, 0.4) is 0 Å². The summed E-state index contributed by atoms with van der Waals surface area (Å²) in [4.78, 5) is 5.21. The Hall–Kier alpha value is -0.120. The van der Waals surface area contributed by atoms with Crippen molar-refractivity contribution in [3.8, 4) is 0 Å². The van der Waals surface area contributed by atoms with E-state index in [-0.39, 0.29) is 0 Å². The van der Waals surface area contributed by atoms with Gasteiger partial charge in [-0.3, -0.25) is 4.90 Å². The monoisotopic (exact) mass is 269 g/mol. The van der Waals surface area contributed by atoms with Crippen LogP contribution in [0.1, 0.15) is 41.0 Å². The van der Waals surface area contributed by atoms with Crippen molar-refractivity contribution < 1.29 is 0 Å². The van der Waals surface area contributed by atoms with E-state index in [4.69, 9.17) is 0 Å². The average molecular weight is 269 g/mol. The minimum atomic E-state index is 0.667. The molecule has 0 aromatic carbocycles. The van der Waals surface area contributed by atoms with E-state index < -0.39 is 0 Å². The Kier molecular flexibility index (Phi) is 7.33. The smallest absolute Gasteiger partial charge is 0.0246 e. The van der Waals surface area contributed by atoms with Crippen LogP contribution in [0.25, 0.3) is 0 Å². The van der Waals surface area contributed by atoms with E-state index in [1.165, 1.54) is 26.1 Å². The number of hydrogen-bond donors (Lipinski definition) is 1. The number of hydrogen-bond acceptors (Lipinski definition) is 3. The van der Waals surface area contributed by atoms with Gasteiger partial charge in [-0.25, -0.2) is 0 Å². The van der Waals surface area contributed by atoms with Gasteiger partial charge in [-0.15, -0.1) is 0 Å². The first-order valence-electron chi connectivity index (χ1n) is 8.06. The fourth-order valence-corrected chi connectivity index (χ4v) is 3.14. The quantitative estimate of drug-likeness (QED) is 0.798. The molecule has 3 nitrogen and oxygen atoms in total. The van der Waals surface area contributed by atoms with Gasteiger partial charge in [0.05, 0.1) is 0 Å². The Morgan fingerprint density at radius 3 is 2.37 bits per heavy atom. The van der Waals surface area contributed by atoms with Crippen LogP contribution in [-0.2, 0) is 0 Å². The molecule has 0 aromatic rings. The lowest BCUT2D eigenvalue weighted by Gasteiger charge is -2.38. The molecule has 2 unspecified atom stereocenters. The minimum absolute atomic E-state index is 0.667. The van der Waals surface area contributed by atoms with E-state index in [1.54, 1.807) is 0 Å². The summed E-state index contributed by atoms with van der Waals surface area (Å²) in [6.07, 6.45) is 1.30. The lowest BCUT2D eigenvalue weighted by atomic mass is 10.00.